The van der Waals surface area contributed by atoms with E-state index in [0.29, 0.717) is 23.5 Å². The average molecular weight is 310 g/mol. The summed E-state index contributed by atoms with van der Waals surface area (Å²) >= 11 is 0. The van der Waals surface area contributed by atoms with E-state index in [1.807, 2.05) is 20.2 Å². The van der Waals surface area contributed by atoms with Crippen molar-refractivity contribution in [3.05, 3.63) is 40.4 Å². The summed E-state index contributed by atoms with van der Waals surface area (Å²) in [5.74, 6) is 0.459. The Balaban J connectivity index is 0.00000161. The molecule has 0 unspecified atom stereocenters. The number of fused-ring (bicyclic) bond motifs is 2. The van der Waals surface area contributed by atoms with Crippen LogP contribution < -0.4 is 10.4 Å². The van der Waals surface area contributed by atoms with E-state index in [4.69, 9.17) is 13.6 Å². The minimum Gasteiger partial charge on any atom is -0.490 e. The Morgan fingerprint density at radius 2 is 1.86 bits per heavy atom. The van der Waals surface area contributed by atoms with Crippen LogP contribution in [-0.4, -0.2) is 26.1 Å². The predicted octanol–water partition coefficient (Wildman–Crippen LogP) is 3.03. The van der Waals surface area contributed by atoms with Crippen molar-refractivity contribution in [2.45, 2.75) is 6.54 Å². The smallest absolute Gasteiger partial charge is 0.336 e. The fourth-order valence-corrected chi connectivity index (χ4v) is 2.47. The molecule has 0 aliphatic heterocycles. The first-order chi connectivity index (χ1) is 9.61. The normalized spacial score (nSPS) is 11.0. The summed E-state index contributed by atoms with van der Waals surface area (Å²) in [6.45, 7) is 0.713. The lowest BCUT2D eigenvalue weighted by molar-refractivity contribution is 0.398. The average Bonchev–Trinajstić information content (AvgIpc) is 2.87. The Hall–Kier alpha value is -1.98. The van der Waals surface area contributed by atoms with Crippen LogP contribution in [-0.2, 0) is 6.54 Å². The Morgan fingerprint density at radius 1 is 1.14 bits per heavy atom. The minimum absolute atomic E-state index is 0. The van der Waals surface area contributed by atoms with Crippen LogP contribution in [0, 0.1) is 0 Å². The molecule has 0 aliphatic carbocycles. The number of benzene rings is 1. The summed E-state index contributed by atoms with van der Waals surface area (Å²) in [5, 5.41) is 1.83. The SMILES string of the molecule is COc1c2occc2c(CN(C)C)c2ccc(=O)oc12.Cl. The van der Waals surface area contributed by atoms with E-state index in [9.17, 15) is 4.79 Å². The Labute approximate surface area is 127 Å². The zero-order chi connectivity index (χ0) is 14.3. The first-order valence-corrected chi connectivity index (χ1v) is 6.26. The van der Waals surface area contributed by atoms with E-state index < -0.39 is 5.63 Å². The van der Waals surface area contributed by atoms with Gasteiger partial charge in [-0.05, 0) is 31.8 Å². The van der Waals surface area contributed by atoms with Crippen LogP contribution in [0.2, 0.25) is 0 Å². The molecule has 3 rings (SSSR count). The minimum atomic E-state index is -0.405. The monoisotopic (exact) mass is 309 g/mol. The first-order valence-electron chi connectivity index (χ1n) is 6.26. The van der Waals surface area contributed by atoms with Gasteiger partial charge in [0, 0.05) is 23.4 Å². The van der Waals surface area contributed by atoms with Gasteiger partial charge in [-0.3, -0.25) is 0 Å². The summed E-state index contributed by atoms with van der Waals surface area (Å²) < 4.78 is 16.2. The van der Waals surface area contributed by atoms with Gasteiger partial charge < -0.3 is 18.5 Å². The predicted molar refractivity (Wildman–Crippen MR) is 83.4 cm³/mol. The molecule has 0 atom stereocenters. The van der Waals surface area contributed by atoms with Gasteiger partial charge in [-0.2, -0.15) is 0 Å². The standard InChI is InChI=1S/C15H15NO4.ClH/c1-16(2)8-11-9-4-5-12(17)20-14(9)15(18-3)13-10(11)6-7-19-13;/h4-7H,8H2,1-3H3;1H. The molecule has 0 radical (unpaired) electrons. The van der Waals surface area contributed by atoms with E-state index in [-0.39, 0.29) is 12.4 Å². The lowest BCUT2D eigenvalue weighted by atomic mass is 10.0. The van der Waals surface area contributed by atoms with E-state index in [0.717, 1.165) is 16.3 Å². The number of nitrogens with zero attached hydrogens (tertiary/aromatic N) is 1. The Bertz CT molecular complexity index is 835. The van der Waals surface area contributed by atoms with Gasteiger partial charge in [0.15, 0.2) is 11.2 Å². The summed E-state index contributed by atoms with van der Waals surface area (Å²) in [6.07, 6.45) is 1.61. The van der Waals surface area contributed by atoms with Crippen molar-refractivity contribution < 1.29 is 13.6 Å². The fraction of sp³-hybridized carbons (Fsp3) is 0.267. The molecule has 0 bridgehead atoms. The number of ether oxygens (including phenoxy) is 1. The molecular formula is C15H16ClNO4. The molecule has 0 saturated heterocycles. The molecule has 3 aromatic rings. The van der Waals surface area contributed by atoms with E-state index in [1.165, 1.54) is 13.2 Å². The lowest BCUT2D eigenvalue weighted by Gasteiger charge is -2.14. The fourth-order valence-electron chi connectivity index (χ4n) is 2.47. The first kappa shape index (κ1) is 15.4. The van der Waals surface area contributed by atoms with Gasteiger partial charge in [-0.1, -0.05) is 0 Å². The zero-order valence-corrected chi connectivity index (χ0v) is 12.8. The molecule has 2 heterocycles. The molecule has 5 nitrogen and oxygen atoms in total. The van der Waals surface area contributed by atoms with Gasteiger partial charge in [0.05, 0.1) is 13.4 Å². The molecule has 0 fully saturated rings. The van der Waals surface area contributed by atoms with Gasteiger partial charge in [0.1, 0.15) is 0 Å². The molecule has 6 heteroatoms. The van der Waals surface area contributed by atoms with Crippen molar-refractivity contribution in [1.82, 2.24) is 4.90 Å². The molecule has 21 heavy (non-hydrogen) atoms. The van der Waals surface area contributed by atoms with E-state index in [1.54, 1.807) is 12.3 Å². The third-order valence-electron chi connectivity index (χ3n) is 3.24. The second kappa shape index (κ2) is 5.79. The van der Waals surface area contributed by atoms with Gasteiger partial charge >= 0.3 is 5.63 Å². The molecule has 0 aliphatic rings. The number of halogens is 1. The third kappa shape index (κ3) is 2.50. The molecule has 0 saturated carbocycles. The summed E-state index contributed by atoms with van der Waals surface area (Å²) in [5.41, 5.74) is 1.68. The maximum Gasteiger partial charge on any atom is 0.336 e. The van der Waals surface area contributed by atoms with Crippen LogP contribution in [0.5, 0.6) is 5.75 Å². The number of rotatable bonds is 3. The van der Waals surface area contributed by atoms with Crippen molar-refractivity contribution >= 4 is 34.3 Å². The van der Waals surface area contributed by atoms with Crippen LogP contribution in [0.4, 0.5) is 0 Å². The lowest BCUT2D eigenvalue weighted by Crippen LogP contribution is -2.12. The van der Waals surface area contributed by atoms with Crippen LogP contribution in [0.25, 0.3) is 21.9 Å². The van der Waals surface area contributed by atoms with Crippen LogP contribution in [0.15, 0.2) is 38.1 Å². The van der Waals surface area contributed by atoms with Gasteiger partial charge in [0.2, 0.25) is 5.75 Å². The quantitative estimate of drug-likeness (QED) is 0.696. The topological polar surface area (TPSA) is 55.8 Å². The molecule has 0 amide bonds. The van der Waals surface area contributed by atoms with Crippen LogP contribution in [0.3, 0.4) is 0 Å². The molecule has 2 aromatic heterocycles. The maximum absolute atomic E-state index is 11.5. The molecule has 1 aromatic carbocycles. The number of furan rings is 1. The van der Waals surface area contributed by atoms with Crippen molar-refractivity contribution in [3.63, 3.8) is 0 Å². The summed E-state index contributed by atoms with van der Waals surface area (Å²) in [6, 6.07) is 5.10. The highest BCUT2D eigenvalue weighted by molar-refractivity contribution is 6.03. The Morgan fingerprint density at radius 3 is 2.52 bits per heavy atom. The highest BCUT2D eigenvalue weighted by Crippen LogP contribution is 2.38. The van der Waals surface area contributed by atoms with Crippen molar-refractivity contribution in [2.24, 2.45) is 0 Å². The summed E-state index contributed by atoms with van der Waals surface area (Å²) in [4.78, 5) is 13.6. The van der Waals surface area contributed by atoms with Crippen LogP contribution >= 0.6 is 12.4 Å². The van der Waals surface area contributed by atoms with Crippen molar-refractivity contribution in [1.29, 1.82) is 0 Å². The highest BCUT2D eigenvalue weighted by atomic mass is 35.5. The third-order valence-corrected chi connectivity index (χ3v) is 3.24. The number of hydrogen-bond acceptors (Lipinski definition) is 5. The Kier molecular flexibility index (Phi) is 4.25. The molecular weight excluding hydrogens is 294 g/mol. The van der Waals surface area contributed by atoms with Crippen molar-refractivity contribution in [3.8, 4) is 5.75 Å². The maximum atomic E-state index is 11.5. The van der Waals surface area contributed by atoms with Gasteiger partial charge in [-0.25, -0.2) is 4.79 Å². The largest absolute Gasteiger partial charge is 0.490 e. The van der Waals surface area contributed by atoms with E-state index >= 15 is 0 Å². The number of methoxy groups -OCH3 is 1. The van der Waals surface area contributed by atoms with Gasteiger partial charge in [-0.15, -0.1) is 12.4 Å². The van der Waals surface area contributed by atoms with Crippen LogP contribution in [0.1, 0.15) is 5.56 Å². The van der Waals surface area contributed by atoms with E-state index in [2.05, 4.69) is 4.90 Å². The molecule has 0 spiro atoms. The van der Waals surface area contributed by atoms with Gasteiger partial charge in [0.25, 0.3) is 0 Å². The second-order valence-electron chi connectivity index (χ2n) is 4.91. The number of hydrogen-bond donors (Lipinski definition) is 0. The molecule has 0 N–H and O–H groups in total. The summed E-state index contributed by atoms with van der Waals surface area (Å²) in [7, 11) is 5.51. The second-order valence-corrected chi connectivity index (χ2v) is 4.91. The highest BCUT2D eigenvalue weighted by Gasteiger charge is 2.19. The molecule has 112 valence electrons. The zero-order valence-electron chi connectivity index (χ0n) is 12.0. The van der Waals surface area contributed by atoms with Crippen molar-refractivity contribution in [2.75, 3.05) is 21.2 Å².